The minimum atomic E-state index is -0.0970. The van der Waals surface area contributed by atoms with Gasteiger partial charge in [-0.05, 0) is 23.3 Å². The Morgan fingerprint density at radius 3 is 2.46 bits per heavy atom. The molecule has 0 unspecified atom stereocenters. The number of hydrogen-bond donors (Lipinski definition) is 0. The topological polar surface area (TPSA) is 15.7 Å². The molecule has 4 rings (SSSR count). The van der Waals surface area contributed by atoms with Crippen molar-refractivity contribution >= 4 is 0 Å². The quantitative estimate of drug-likeness (QED) is 0.859. The van der Waals surface area contributed by atoms with Gasteiger partial charge in [0.15, 0.2) is 0 Å². The molecule has 2 aromatic rings. The molecule has 4 heteroatoms. The van der Waals surface area contributed by atoms with E-state index in [-0.39, 0.29) is 5.82 Å². The first-order valence-corrected chi connectivity index (χ1v) is 8.71. The third kappa shape index (κ3) is 3.45. The largest absolute Gasteiger partial charge is 0.493 e. The van der Waals surface area contributed by atoms with Crippen LogP contribution in [0.25, 0.3) is 0 Å². The summed E-state index contributed by atoms with van der Waals surface area (Å²) in [5.41, 5.74) is 3.50. The van der Waals surface area contributed by atoms with Crippen LogP contribution in [0.5, 0.6) is 5.75 Å². The Bertz CT molecular complexity index is 711. The number of benzene rings is 2. The van der Waals surface area contributed by atoms with E-state index in [1.807, 2.05) is 12.1 Å². The number of rotatable bonds is 4. The number of halogens is 1. The van der Waals surface area contributed by atoms with Gasteiger partial charge in [0.05, 0.1) is 6.61 Å². The van der Waals surface area contributed by atoms with Crippen molar-refractivity contribution in [2.24, 2.45) is 0 Å². The lowest BCUT2D eigenvalue weighted by molar-refractivity contribution is 0.121. The van der Waals surface area contributed by atoms with E-state index in [0.29, 0.717) is 6.54 Å². The Morgan fingerprint density at radius 2 is 1.67 bits per heavy atom. The molecule has 2 aliphatic rings. The summed E-state index contributed by atoms with van der Waals surface area (Å²) in [7, 11) is 0. The van der Waals surface area contributed by atoms with E-state index in [4.69, 9.17) is 4.74 Å². The first-order valence-electron chi connectivity index (χ1n) is 8.71. The van der Waals surface area contributed by atoms with Crippen molar-refractivity contribution in [2.75, 3.05) is 32.8 Å². The molecule has 0 saturated carbocycles. The zero-order valence-corrected chi connectivity index (χ0v) is 13.9. The van der Waals surface area contributed by atoms with Crippen molar-refractivity contribution in [3.63, 3.8) is 0 Å². The number of fused-ring (bicyclic) bond motifs is 1. The average Bonchev–Trinajstić information content (AvgIpc) is 3.06. The number of nitrogens with zero attached hydrogens (tertiary/aromatic N) is 2. The Morgan fingerprint density at radius 1 is 0.917 bits per heavy atom. The van der Waals surface area contributed by atoms with Crippen LogP contribution in [0.3, 0.4) is 0 Å². The van der Waals surface area contributed by atoms with Crippen LogP contribution in [0.4, 0.5) is 4.39 Å². The SMILES string of the molecule is Fc1ccccc1CN1CCN(Cc2ccc3c(c2)CCO3)CC1. The molecule has 2 aliphatic heterocycles. The maximum absolute atomic E-state index is 13.8. The summed E-state index contributed by atoms with van der Waals surface area (Å²) in [6, 6.07) is 13.7. The monoisotopic (exact) mass is 326 g/mol. The van der Waals surface area contributed by atoms with Gasteiger partial charge in [0.2, 0.25) is 0 Å². The third-order valence-electron chi connectivity index (χ3n) is 4.98. The third-order valence-corrected chi connectivity index (χ3v) is 4.98. The normalized spacial score (nSPS) is 18.4. The van der Waals surface area contributed by atoms with Crippen molar-refractivity contribution in [3.05, 3.63) is 65.0 Å². The fraction of sp³-hybridized carbons (Fsp3) is 0.400. The van der Waals surface area contributed by atoms with E-state index in [1.165, 1.54) is 11.1 Å². The molecule has 2 heterocycles. The lowest BCUT2D eigenvalue weighted by Crippen LogP contribution is -2.45. The molecule has 0 aromatic heterocycles. The van der Waals surface area contributed by atoms with Gasteiger partial charge < -0.3 is 4.74 Å². The molecule has 0 spiro atoms. The molecule has 0 atom stereocenters. The minimum Gasteiger partial charge on any atom is -0.493 e. The smallest absolute Gasteiger partial charge is 0.127 e. The van der Waals surface area contributed by atoms with Gasteiger partial charge in [-0.1, -0.05) is 30.3 Å². The van der Waals surface area contributed by atoms with E-state index in [9.17, 15) is 4.39 Å². The second kappa shape index (κ2) is 6.91. The molecule has 1 saturated heterocycles. The Balaban J connectivity index is 1.31. The molecule has 0 bridgehead atoms. The number of ether oxygens (including phenoxy) is 1. The van der Waals surface area contributed by atoms with E-state index in [0.717, 1.165) is 57.1 Å². The Labute approximate surface area is 142 Å². The molecule has 0 amide bonds. The van der Waals surface area contributed by atoms with Crippen molar-refractivity contribution in [1.82, 2.24) is 9.80 Å². The van der Waals surface area contributed by atoms with Crippen LogP contribution in [0, 0.1) is 5.82 Å². The summed E-state index contributed by atoms with van der Waals surface area (Å²) in [5.74, 6) is 0.953. The standard InChI is InChI=1S/C20H23FN2O/c21-19-4-2-1-3-18(19)15-23-10-8-22(9-11-23)14-16-5-6-20-17(13-16)7-12-24-20/h1-6,13H,7-12,14-15H2. The minimum absolute atomic E-state index is 0.0970. The predicted octanol–water partition coefficient (Wildman–Crippen LogP) is 3.08. The van der Waals surface area contributed by atoms with Gasteiger partial charge in [-0.15, -0.1) is 0 Å². The maximum atomic E-state index is 13.8. The second-order valence-electron chi connectivity index (χ2n) is 6.68. The first-order chi connectivity index (χ1) is 11.8. The Kier molecular flexibility index (Phi) is 4.50. The molecular formula is C20H23FN2O. The summed E-state index contributed by atoms with van der Waals surface area (Å²) < 4.78 is 19.3. The van der Waals surface area contributed by atoms with Crippen LogP contribution in [0.1, 0.15) is 16.7 Å². The number of hydrogen-bond acceptors (Lipinski definition) is 3. The fourth-order valence-electron chi connectivity index (χ4n) is 3.57. The van der Waals surface area contributed by atoms with Gasteiger partial charge in [-0.2, -0.15) is 0 Å². The van der Waals surface area contributed by atoms with E-state index >= 15 is 0 Å². The molecule has 1 fully saturated rings. The zero-order chi connectivity index (χ0) is 16.4. The zero-order valence-electron chi connectivity index (χ0n) is 13.9. The molecule has 2 aromatic carbocycles. The van der Waals surface area contributed by atoms with Gasteiger partial charge >= 0.3 is 0 Å². The van der Waals surface area contributed by atoms with Crippen LogP contribution in [-0.2, 0) is 19.5 Å². The summed E-state index contributed by atoms with van der Waals surface area (Å²) in [5, 5.41) is 0. The van der Waals surface area contributed by atoms with Crippen LogP contribution in [0.15, 0.2) is 42.5 Å². The van der Waals surface area contributed by atoms with Crippen molar-refractivity contribution < 1.29 is 9.13 Å². The average molecular weight is 326 g/mol. The van der Waals surface area contributed by atoms with Crippen LogP contribution in [-0.4, -0.2) is 42.6 Å². The lowest BCUT2D eigenvalue weighted by atomic mass is 10.1. The van der Waals surface area contributed by atoms with Gasteiger partial charge in [-0.3, -0.25) is 9.80 Å². The van der Waals surface area contributed by atoms with Gasteiger partial charge in [0.25, 0.3) is 0 Å². The summed E-state index contributed by atoms with van der Waals surface area (Å²) >= 11 is 0. The van der Waals surface area contributed by atoms with Crippen molar-refractivity contribution in [1.29, 1.82) is 0 Å². The van der Waals surface area contributed by atoms with Gasteiger partial charge in [-0.25, -0.2) is 4.39 Å². The molecule has 0 aliphatic carbocycles. The van der Waals surface area contributed by atoms with Crippen LogP contribution in [0.2, 0.25) is 0 Å². The van der Waals surface area contributed by atoms with Gasteiger partial charge in [0.1, 0.15) is 11.6 Å². The summed E-state index contributed by atoms with van der Waals surface area (Å²) in [6.45, 7) is 6.54. The van der Waals surface area contributed by atoms with Gasteiger partial charge in [0, 0.05) is 51.3 Å². The summed E-state index contributed by atoms with van der Waals surface area (Å²) in [6.07, 6.45) is 1.03. The highest BCUT2D eigenvalue weighted by Gasteiger charge is 2.19. The predicted molar refractivity (Wildman–Crippen MR) is 92.6 cm³/mol. The molecule has 24 heavy (non-hydrogen) atoms. The Hall–Kier alpha value is -1.91. The lowest BCUT2D eigenvalue weighted by Gasteiger charge is -2.34. The molecule has 126 valence electrons. The highest BCUT2D eigenvalue weighted by molar-refractivity contribution is 5.39. The van der Waals surface area contributed by atoms with Crippen molar-refractivity contribution in [3.8, 4) is 5.75 Å². The van der Waals surface area contributed by atoms with Crippen LogP contribution >= 0.6 is 0 Å². The summed E-state index contributed by atoms with van der Waals surface area (Å²) in [4.78, 5) is 4.82. The van der Waals surface area contributed by atoms with E-state index in [1.54, 1.807) is 12.1 Å². The molecule has 3 nitrogen and oxygen atoms in total. The van der Waals surface area contributed by atoms with E-state index in [2.05, 4.69) is 28.0 Å². The molecular weight excluding hydrogens is 303 g/mol. The second-order valence-corrected chi connectivity index (χ2v) is 6.68. The van der Waals surface area contributed by atoms with E-state index < -0.39 is 0 Å². The van der Waals surface area contributed by atoms with Crippen molar-refractivity contribution in [2.45, 2.75) is 19.5 Å². The van der Waals surface area contributed by atoms with Crippen LogP contribution < -0.4 is 4.74 Å². The fourth-order valence-corrected chi connectivity index (χ4v) is 3.57. The molecule has 0 N–H and O–H groups in total. The number of piperazine rings is 1. The first kappa shape index (κ1) is 15.6. The molecule has 0 radical (unpaired) electrons. The maximum Gasteiger partial charge on any atom is 0.127 e. The highest BCUT2D eigenvalue weighted by atomic mass is 19.1. The highest BCUT2D eigenvalue weighted by Crippen LogP contribution is 2.26.